The summed E-state index contributed by atoms with van der Waals surface area (Å²) in [5.74, 6) is 0.160. The van der Waals surface area contributed by atoms with Crippen LogP contribution in [0.5, 0.6) is 0 Å². The molecule has 1 unspecified atom stereocenters. The number of benzene rings is 2. The molecule has 1 atom stereocenters. The van der Waals surface area contributed by atoms with E-state index in [-0.39, 0.29) is 17.6 Å². The Hall–Kier alpha value is -3.76. The average molecular weight is 401 g/mol. The summed E-state index contributed by atoms with van der Waals surface area (Å²) < 4.78 is 5.72. The largest absolute Gasteiger partial charge is 0.374 e. The lowest BCUT2D eigenvalue weighted by molar-refractivity contribution is 0.0508. The SMILES string of the molecule is CCC(C)OCc1ccc(C=NNc2nc(-c3ccccc3)c(C#N)c(=O)[nH]2)cc1. The van der Waals surface area contributed by atoms with E-state index in [1.165, 1.54) is 0 Å². The van der Waals surface area contributed by atoms with Crippen molar-refractivity contribution in [2.75, 3.05) is 5.43 Å². The molecule has 0 amide bonds. The Bertz CT molecular complexity index is 1100. The van der Waals surface area contributed by atoms with E-state index in [1.54, 1.807) is 18.3 Å². The fourth-order valence-corrected chi connectivity index (χ4v) is 2.66. The number of rotatable bonds is 8. The van der Waals surface area contributed by atoms with E-state index in [1.807, 2.05) is 48.5 Å². The van der Waals surface area contributed by atoms with Crippen LogP contribution in [0.25, 0.3) is 11.3 Å². The highest BCUT2D eigenvalue weighted by molar-refractivity contribution is 5.80. The van der Waals surface area contributed by atoms with Gasteiger partial charge in [-0.3, -0.25) is 9.78 Å². The van der Waals surface area contributed by atoms with Gasteiger partial charge in [-0.25, -0.2) is 10.4 Å². The molecule has 0 saturated heterocycles. The number of nitriles is 1. The van der Waals surface area contributed by atoms with Gasteiger partial charge in [-0.1, -0.05) is 61.5 Å². The minimum absolute atomic E-state index is 0.0362. The zero-order valence-electron chi connectivity index (χ0n) is 16.9. The Morgan fingerprint density at radius 1 is 1.23 bits per heavy atom. The molecule has 7 heteroatoms. The number of aromatic amines is 1. The van der Waals surface area contributed by atoms with Crippen LogP contribution in [0, 0.1) is 11.3 Å². The van der Waals surface area contributed by atoms with Crippen molar-refractivity contribution in [3.05, 3.63) is 81.6 Å². The van der Waals surface area contributed by atoms with Crippen molar-refractivity contribution in [1.29, 1.82) is 5.26 Å². The van der Waals surface area contributed by atoms with Crippen molar-refractivity contribution >= 4 is 12.2 Å². The summed E-state index contributed by atoms with van der Waals surface area (Å²) in [4.78, 5) is 19.1. The summed E-state index contributed by atoms with van der Waals surface area (Å²) in [5, 5.41) is 13.5. The third-order valence-corrected chi connectivity index (χ3v) is 4.55. The van der Waals surface area contributed by atoms with E-state index in [9.17, 15) is 10.1 Å². The van der Waals surface area contributed by atoms with E-state index in [0.29, 0.717) is 17.9 Å². The highest BCUT2D eigenvalue weighted by Gasteiger charge is 2.12. The quantitative estimate of drug-likeness (QED) is 0.437. The molecule has 30 heavy (non-hydrogen) atoms. The Balaban J connectivity index is 1.71. The summed E-state index contributed by atoms with van der Waals surface area (Å²) in [5.41, 5.74) is 5.14. The van der Waals surface area contributed by atoms with Crippen molar-refractivity contribution in [1.82, 2.24) is 9.97 Å². The maximum Gasteiger partial charge on any atom is 0.270 e. The predicted molar refractivity (Wildman–Crippen MR) is 117 cm³/mol. The second-order valence-corrected chi connectivity index (χ2v) is 6.76. The van der Waals surface area contributed by atoms with Crippen molar-refractivity contribution in [3.63, 3.8) is 0 Å². The summed E-state index contributed by atoms with van der Waals surface area (Å²) >= 11 is 0. The van der Waals surface area contributed by atoms with Gasteiger partial charge in [0.25, 0.3) is 5.56 Å². The minimum Gasteiger partial charge on any atom is -0.374 e. The highest BCUT2D eigenvalue weighted by Crippen LogP contribution is 2.19. The van der Waals surface area contributed by atoms with E-state index >= 15 is 0 Å². The number of hydrazone groups is 1. The topological polar surface area (TPSA) is 103 Å². The first-order chi connectivity index (χ1) is 14.6. The molecular formula is C23H23N5O2. The molecule has 0 fully saturated rings. The van der Waals surface area contributed by atoms with Crippen LogP contribution in [-0.2, 0) is 11.3 Å². The molecule has 1 heterocycles. The maximum atomic E-state index is 12.2. The Morgan fingerprint density at radius 2 is 1.97 bits per heavy atom. The second-order valence-electron chi connectivity index (χ2n) is 6.76. The summed E-state index contributed by atoms with van der Waals surface area (Å²) in [6, 6.07) is 18.8. The lowest BCUT2D eigenvalue weighted by atomic mass is 10.1. The molecule has 0 bridgehead atoms. The Morgan fingerprint density at radius 3 is 2.63 bits per heavy atom. The molecule has 0 spiro atoms. The number of aromatic nitrogens is 2. The molecule has 7 nitrogen and oxygen atoms in total. The molecule has 0 aliphatic carbocycles. The zero-order chi connectivity index (χ0) is 21.3. The van der Waals surface area contributed by atoms with Gasteiger partial charge in [0.15, 0.2) is 0 Å². The van der Waals surface area contributed by atoms with Crippen molar-refractivity contribution in [2.24, 2.45) is 5.10 Å². The van der Waals surface area contributed by atoms with Crippen molar-refractivity contribution in [3.8, 4) is 17.3 Å². The van der Waals surface area contributed by atoms with Gasteiger partial charge in [-0.15, -0.1) is 0 Å². The molecule has 3 rings (SSSR count). The number of anilines is 1. The molecule has 2 aromatic carbocycles. The maximum absolute atomic E-state index is 12.2. The monoisotopic (exact) mass is 401 g/mol. The zero-order valence-corrected chi connectivity index (χ0v) is 16.9. The molecule has 2 N–H and O–H groups in total. The van der Waals surface area contributed by atoms with Crippen LogP contribution in [0.2, 0.25) is 0 Å². The molecule has 0 saturated carbocycles. The second kappa shape index (κ2) is 10.1. The van der Waals surface area contributed by atoms with Crippen molar-refractivity contribution in [2.45, 2.75) is 33.0 Å². The summed E-state index contributed by atoms with van der Waals surface area (Å²) in [7, 11) is 0. The fraction of sp³-hybridized carbons (Fsp3) is 0.217. The van der Waals surface area contributed by atoms with E-state index < -0.39 is 5.56 Å². The van der Waals surface area contributed by atoms with E-state index in [4.69, 9.17) is 4.74 Å². The number of hydrogen-bond acceptors (Lipinski definition) is 6. The predicted octanol–water partition coefficient (Wildman–Crippen LogP) is 4.07. The van der Waals surface area contributed by atoms with Crippen molar-refractivity contribution < 1.29 is 4.74 Å². The van der Waals surface area contributed by atoms with Gasteiger partial charge < -0.3 is 4.74 Å². The molecule has 0 radical (unpaired) electrons. The average Bonchev–Trinajstić information content (AvgIpc) is 2.78. The minimum atomic E-state index is -0.519. The molecule has 3 aromatic rings. The fourth-order valence-electron chi connectivity index (χ4n) is 2.66. The highest BCUT2D eigenvalue weighted by atomic mass is 16.5. The number of hydrogen-bond donors (Lipinski definition) is 2. The van der Waals surface area contributed by atoms with Crippen LogP contribution >= 0.6 is 0 Å². The summed E-state index contributed by atoms with van der Waals surface area (Å²) in [6.45, 7) is 4.72. The lowest BCUT2D eigenvalue weighted by Crippen LogP contribution is -2.16. The third kappa shape index (κ3) is 5.40. The molecule has 0 aliphatic rings. The van der Waals surface area contributed by atoms with Crippen LogP contribution in [-0.4, -0.2) is 22.3 Å². The molecule has 0 aliphatic heterocycles. The van der Waals surface area contributed by atoms with Gasteiger partial charge in [-0.05, 0) is 24.5 Å². The van der Waals surface area contributed by atoms with Crippen LogP contribution < -0.4 is 11.0 Å². The van der Waals surface area contributed by atoms with Gasteiger partial charge in [0.05, 0.1) is 24.6 Å². The normalized spacial score (nSPS) is 11.9. The molecule has 152 valence electrons. The molecule has 1 aromatic heterocycles. The number of H-pyrrole nitrogens is 1. The van der Waals surface area contributed by atoms with E-state index in [0.717, 1.165) is 17.5 Å². The number of nitrogens with zero attached hydrogens (tertiary/aromatic N) is 3. The number of ether oxygens (including phenoxy) is 1. The van der Waals surface area contributed by atoms with Gasteiger partial charge in [-0.2, -0.15) is 10.4 Å². The van der Waals surface area contributed by atoms with Crippen LogP contribution in [0.3, 0.4) is 0 Å². The standard InChI is InChI=1S/C23H23N5O2/c1-3-16(2)30-15-18-11-9-17(10-12-18)14-25-28-23-26-21(19-7-5-4-6-8-19)20(13-24)22(29)27-23/h4-12,14,16H,3,15H2,1-2H3,(H2,26,27,28,29). The lowest BCUT2D eigenvalue weighted by Gasteiger charge is -2.10. The first kappa shape index (κ1) is 21.0. The van der Waals surface area contributed by atoms with Crippen LogP contribution in [0.15, 0.2) is 64.5 Å². The molecular weight excluding hydrogens is 378 g/mol. The van der Waals surface area contributed by atoms with Gasteiger partial charge in [0.2, 0.25) is 5.95 Å². The first-order valence-corrected chi connectivity index (χ1v) is 9.70. The van der Waals surface area contributed by atoms with Gasteiger partial charge in [0.1, 0.15) is 11.6 Å². The van der Waals surface area contributed by atoms with Gasteiger partial charge in [0, 0.05) is 5.56 Å². The first-order valence-electron chi connectivity index (χ1n) is 9.70. The van der Waals surface area contributed by atoms with Gasteiger partial charge >= 0.3 is 0 Å². The van der Waals surface area contributed by atoms with E-state index in [2.05, 4.69) is 34.3 Å². The van der Waals surface area contributed by atoms with Crippen LogP contribution in [0.1, 0.15) is 37.0 Å². The third-order valence-electron chi connectivity index (χ3n) is 4.55. The summed E-state index contributed by atoms with van der Waals surface area (Å²) in [6.07, 6.45) is 2.84. The van der Waals surface area contributed by atoms with Crippen LogP contribution in [0.4, 0.5) is 5.95 Å². The Labute approximate surface area is 175 Å². The smallest absolute Gasteiger partial charge is 0.270 e. The number of nitrogens with one attached hydrogen (secondary N) is 2. The Kier molecular flexibility index (Phi) is 7.09.